The van der Waals surface area contributed by atoms with E-state index in [-0.39, 0.29) is 5.91 Å². The highest BCUT2D eigenvalue weighted by Crippen LogP contribution is 2.26. The molecule has 0 radical (unpaired) electrons. The second kappa shape index (κ2) is 6.79. The predicted octanol–water partition coefficient (Wildman–Crippen LogP) is 5.09. The molecular weight excluding hydrogens is 342 g/mol. The fourth-order valence-corrected chi connectivity index (χ4v) is 3.39. The van der Waals surface area contributed by atoms with E-state index in [2.05, 4.69) is 16.4 Å². The van der Waals surface area contributed by atoms with Crippen molar-refractivity contribution in [1.82, 2.24) is 4.98 Å². The molecule has 26 heavy (non-hydrogen) atoms. The topological polar surface area (TPSA) is 65.8 Å². The van der Waals surface area contributed by atoms with E-state index in [1.807, 2.05) is 60.0 Å². The van der Waals surface area contributed by atoms with Crippen LogP contribution in [-0.2, 0) is 0 Å². The molecule has 0 aliphatic heterocycles. The number of amides is 1. The molecule has 0 aliphatic carbocycles. The summed E-state index contributed by atoms with van der Waals surface area (Å²) in [5.41, 5.74) is 2.88. The molecule has 4 rings (SSSR count). The highest BCUT2D eigenvalue weighted by molar-refractivity contribution is 7.14. The molecule has 0 saturated carbocycles. The number of nitrogens with zero attached hydrogens (tertiary/aromatic N) is 2. The van der Waals surface area contributed by atoms with E-state index in [0.29, 0.717) is 16.3 Å². The summed E-state index contributed by atoms with van der Waals surface area (Å²) in [4.78, 5) is 17.0. The van der Waals surface area contributed by atoms with Crippen molar-refractivity contribution in [3.8, 4) is 17.3 Å². The first kappa shape index (κ1) is 16.0. The van der Waals surface area contributed by atoms with E-state index in [4.69, 9.17) is 5.26 Å². The third-order valence-corrected chi connectivity index (χ3v) is 4.80. The zero-order valence-electron chi connectivity index (χ0n) is 13.6. The minimum atomic E-state index is -0.184. The summed E-state index contributed by atoms with van der Waals surface area (Å²) >= 11 is 1.37. The molecule has 1 heterocycles. The summed E-state index contributed by atoms with van der Waals surface area (Å²) in [7, 11) is 0. The number of aromatic nitrogens is 1. The van der Waals surface area contributed by atoms with E-state index in [0.717, 1.165) is 22.0 Å². The zero-order chi connectivity index (χ0) is 17.9. The number of hydrogen-bond acceptors (Lipinski definition) is 4. The SMILES string of the molecule is N#Cc1ccc(-c2csc(NC(=O)c3ccc4ccccc4c3)n2)cc1. The Bertz CT molecular complexity index is 1140. The first-order valence-electron chi connectivity index (χ1n) is 7.99. The number of benzene rings is 3. The number of rotatable bonds is 3. The van der Waals surface area contributed by atoms with Crippen molar-refractivity contribution in [2.45, 2.75) is 0 Å². The van der Waals surface area contributed by atoms with Gasteiger partial charge in [-0.05, 0) is 35.0 Å². The molecule has 1 N–H and O–H groups in total. The summed E-state index contributed by atoms with van der Waals surface area (Å²) < 4.78 is 0. The molecule has 0 aliphatic rings. The molecule has 124 valence electrons. The second-order valence-electron chi connectivity index (χ2n) is 5.74. The summed E-state index contributed by atoms with van der Waals surface area (Å²) in [5, 5.41) is 16.3. The van der Waals surface area contributed by atoms with Crippen molar-refractivity contribution in [3.05, 3.63) is 83.2 Å². The van der Waals surface area contributed by atoms with Gasteiger partial charge in [-0.15, -0.1) is 11.3 Å². The van der Waals surface area contributed by atoms with Gasteiger partial charge in [0, 0.05) is 16.5 Å². The Morgan fingerprint density at radius 3 is 2.54 bits per heavy atom. The van der Waals surface area contributed by atoms with Gasteiger partial charge >= 0.3 is 0 Å². The molecule has 0 atom stereocenters. The van der Waals surface area contributed by atoms with Gasteiger partial charge in [0.05, 0.1) is 17.3 Å². The first-order valence-corrected chi connectivity index (χ1v) is 8.87. The van der Waals surface area contributed by atoms with Crippen LogP contribution in [0.3, 0.4) is 0 Å². The van der Waals surface area contributed by atoms with E-state index >= 15 is 0 Å². The van der Waals surface area contributed by atoms with Gasteiger partial charge in [-0.1, -0.05) is 42.5 Å². The van der Waals surface area contributed by atoms with E-state index in [9.17, 15) is 4.79 Å². The number of nitrogens with one attached hydrogen (secondary N) is 1. The highest BCUT2D eigenvalue weighted by atomic mass is 32.1. The van der Waals surface area contributed by atoms with E-state index in [1.54, 1.807) is 12.1 Å². The van der Waals surface area contributed by atoms with Crippen LogP contribution >= 0.6 is 11.3 Å². The third kappa shape index (κ3) is 3.18. The van der Waals surface area contributed by atoms with Crippen molar-refractivity contribution < 1.29 is 4.79 Å². The molecule has 4 aromatic rings. The molecule has 3 aromatic carbocycles. The monoisotopic (exact) mass is 355 g/mol. The van der Waals surface area contributed by atoms with Crippen LogP contribution in [0.2, 0.25) is 0 Å². The van der Waals surface area contributed by atoms with Crippen molar-refractivity contribution >= 4 is 33.1 Å². The summed E-state index contributed by atoms with van der Waals surface area (Å²) in [6, 6.07) is 22.9. The number of thiazole rings is 1. The largest absolute Gasteiger partial charge is 0.298 e. The maximum Gasteiger partial charge on any atom is 0.257 e. The van der Waals surface area contributed by atoms with Gasteiger partial charge in [-0.25, -0.2) is 4.98 Å². The molecule has 0 unspecified atom stereocenters. The molecule has 0 bridgehead atoms. The molecule has 1 aromatic heterocycles. The van der Waals surface area contributed by atoms with Crippen LogP contribution in [0, 0.1) is 11.3 Å². The van der Waals surface area contributed by atoms with Gasteiger partial charge in [0.25, 0.3) is 5.91 Å². The molecule has 5 heteroatoms. The van der Waals surface area contributed by atoms with E-state index in [1.165, 1.54) is 11.3 Å². The Hall–Kier alpha value is -3.49. The lowest BCUT2D eigenvalue weighted by Crippen LogP contribution is -2.11. The summed E-state index contributed by atoms with van der Waals surface area (Å²) in [5.74, 6) is -0.184. The Kier molecular flexibility index (Phi) is 4.18. The van der Waals surface area contributed by atoms with Crippen LogP contribution in [0.1, 0.15) is 15.9 Å². The molecule has 0 fully saturated rings. The fourth-order valence-electron chi connectivity index (χ4n) is 2.68. The second-order valence-corrected chi connectivity index (χ2v) is 6.60. The van der Waals surface area contributed by atoms with Crippen molar-refractivity contribution in [2.75, 3.05) is 5.32 Å². The Labute approximate surface area is 154 Å². The third-order valence-electron chi connectivity index (χ3n) is 4.05. The number of carbonyl (C=O) groups is 1. The Morgan fingerprint density at radius 2 is 1.77 bits per heavy atom. The number of fused-ring (bicyclic) bond motifs is 1. The van der Waals surface area contributed by atoms with Crippen molar-refractivity contribution in [2.24, 2.45) is 0 Å². The molecule has 0 spiro atoms. The quantitative estimate of drug-likeness (QED) is 0.557. The standard InChI is InChI=1S/C21H13N3OS/c22-12-14-5-7-16(8-6-14)19-13-26-21(23-19)24-20(25)18-10-9-15-3-1-2-4-17(15)11-18/h1-11,13H,(H,23,24,25). The van der Waals surface area contributed by atoms with Crippen molar-refractivity contribution in [3.63, 3.8) is 0 Å². The van der Waals surface area contributed by atoms with Crippen LogP contribution < -0.4 is 5.32 Å². The molecular formula is C21H13N3OS. The maximum absolute atomic E-state index is 12.5. The smallest absolute Gasteiger partial charge is 0.257 e. The van der Waals surface area contributed by atoms with Crippen LogP contribution in [0.4, 0.5) is 5.13 Å². The minimum absolute atomic E-state index is 0.184. The minimum Gasteiger partial charge on any atom is -0.298 e. The van der Waals surface area contributed by atoms with Gasteiger partial charge in [0.15, 0.2) is 5.13 Å². The lowest BCUT2D eigenvalue weighted by atomic mass is 10.1. The number of nitriles is 1. The van der Waals surface area contributed by atoms with Gasteiger partial charge < -0.3 is 0 Å². The molecule has 4 nitrogen and oxygen atoms in total. The van der Waals surface area contributed by atoms with Crippen LogP contribution in [0.15, 0.2) is 72.1 Å². The number of carbonyl (C=O) groups excluding carboxylic acids is 1. The van der Waals surface area contributed by atoms with Gasteiger partial charge in [0.2, 0.25) is 0 Å². The average molecular weight is 355 g/mol. The summed E-state index contributed by atoms with van der Waals surface area (Å²) in [6.07, 6.45) is 0. The van der Waals surface area contributed by atoms with E-state index < -0.39 is 0 Å². The highest BCUT2D eigenvalue weighted by Gasteiger charge is 2.10. The number of anilines is 1. The van der Waals surface area contributed by atoms with Crippen LogP contribution in [0.5, 0.6) is 0 Å². The van der Waals surface area contributed by atoms with Crippen molar-refractivity contribution in [1.29, 1.82) is 5.26 Å². The lowest BCUT2D eigenvalue weighted by Gasteiger charge is -2.04. The summed E-state index contributed by atoms with van der Waals surface area (Å²) in [6.45, 7) is 0. The normalized spacial score (nSPS) is 10.4. The lowest BCUT2D eigenvalue weighted by molar-refractivity contribution is 0.102. The van der Waals surface area contributed by atoms with Crippen LogP contribution in [0.25, 0.3) is 22.0 Å². The Morgan fingerprint density at radius 1 is 1.00 bits per heavy atom. The number of hydrogen-bond donors (Lipinski definition) is 1. The van der Waals surface area contributed by atoms with Crippen LogP contribution in [-0.4, -0.2) is 10.9 Å². The van der Waals surface area contributed by atoms with Gasteiger partial charge in [0.1, 0.15) is 0 Å². The predicted molar refractivity (Wildman–Crippen MR) is 104 cm³/mol. The maximum atomic E-state index is 12.5. The fraction of sp³-hybridized carbons (Fsp3) is 0. The first-order chi connectivity index (χ1) is 12.7. The average Bonchev–Trinajstić information content (AvgIpc) is 3.16. The Balaban J connectivity index is 1.54. The van der Waals surface area contributed by atoms with Gasteiger partial charge in [-0.3, -0.25) is 10.1 Å². The molecule has 1 amide bonds. The van der Waals surface area contributed by atoms with Gasteiger partial charge in [-0.2, -0.15) is 5.26 Å². The molecule has 0 saturated heterocycles. The zero-order valence-corrected chi connectivity index (χ0v) is 14.5.